The van der Waals surface area contributed by atoms with E-state index in [-0.39, 0.29) is 17.2 Å². The second-order valence-electron chi connectivity index (χ2n) is 9.00. The average Bonchev–Trinajstić information content (AvgIpc) is 3.40. The summed E-state index contributed by atoms with van der Waals surface area (Å²) in [6.45, 7) is 2.39. The van der Waals surface area contributed by atoms with Crippen LogP contribution in [0.2, 0.25) is 0 Å². The van der Waals surface area contributed by atoms with Gasteiger partial charge in [-0.1, -0.05) is 18.2 Å². The van der Waals surface area contributed by atoms with Crippen LogP contribution in [0.4, 0.5) is 8.78 Å². The van der Waals surface area contributed by atoms with Crippen molar-refractivity contribution in [1.82, 2.24) is 20.1 Å². The van der Waals surface area contributed by atoms with Crippen LogP contribution in [0.3, 0.4) is 0 Å². The number of carbonyl (C=O) groups is 1. The topological polar surface area (TPSA) is 89.0 Å². The van der Waals surface area contributed by atoms with Gasteiger partial charge in [-0.2, -0.15) is 5.10 Å². The largest absolute Gasteiger partial charge is 0.381 e. The van der Waals surface area contributed by atoms with Crippen LogP contribution in [-0.4, -0.2) is 40.4 Å². The molecule has 5 rings (SSSR count). The van der Waals surface area contributed by atoms with Gasteiger partial charge in [0.25, 0.3) is 17.9 Å². The molecule has 0 radical (unpaired) electrons. The summed E-state index contributed by atoms with van der Waals surface area (Å²) in [5, 5.41) is 10.2. The van der Waals surface area contributed by atoms with Crippen LogP contribution in [0.1, 0.15) is 40.9 Å². The van der Waals surface area contributed by atoms with Crippen LogP contribution in [0.15, 0.2) is 65.7 Å². The van der Waals surface area contributed by atoms with Crippen LogP contribution in [0.25, 0.3) is 21.9 Å². The van der Waals surface area contributed by atoms with E-state index in [1.165, 1.54) is 6.20 Å². The molecule has 186 valence electrons. The lowest BCUT2D eigenvalue weighted by Gasteiger charge is -2.22. The number of nitrogens with one attached hydrogen (secondary N) is 2. The minimum atomic E-state index is -2.70. The van der Waals surface area contributed by atoms with Gasteiger partial charge in [0.05, 0.1) is 6.54 Å². The number of ether oxygens (including phenoxy) is 1. The van der Waals surface area contributed by atoms with E-state index in [4.69, 9.17) is 4.74 Å². The van der Waals surface area contributed by atoms with Crippen LogP contribution in [0.5, 0.6) is 0 Å². The molecule has 2 aromatic carbocycles. The van der Waals surface area contributed by atoms with Crippen molar-refractivity contribution < 1.29 is 18.3 Å². The Hall–Kier alpha value is -3.85. The first-order valence-electron chi connectivity index (χ1n) is 11.9. The molecule has 0 atom stereocenters. The van der Waals surface area contributed by atoms with E-state index in [9.17, 15) is 18.4 Å². The Labute approximate surface area is 206 Å². The van der Waals surface area contributed by atoms with Crippen LogP contribution < -0.4 is 10.9 Å². The first kappa shape index (κ1) is 23.9. The highest BCUT2D eigenvalue weighted by atomic mass is 19.3. The number of rotatable bonds is 7. The minimum Gasteiger partial charge on any atom is -0.381 e. The number of aromatic amines is 1. The molecule has 2 aromatic heterocycles. The molecule has 0 unspecified atom stereocenters. The average molecular weight is 493 g/mol. The van der Waals surface area contributed by atoms with Gasteiger partial charge in [-0.3, -0.25) is 14.7 Å². The first-order valence-corrected chi connectivity index (χ1v) is 11.9. The van der Waals surface area contributed by atoms with Crippen LogP contribution in [-0.2, 0) is 11.3 Å². The number of alkyl halides is 2. The first-order chi connectivity index (χ1) is 17.5. The normalized spacial score (nSPS) is 14.4. The molecule has 1 saturated heterocycles. The van der Waals surface area contributed by atoms with E-state index in [1.54, 1.807) is 47.2 Å². The number of pyridine rings is 1. The van der Waals surface area contributed by atoms with Crippen LogP contribution >= 0.6 is 0 Å². The molecule has 3 heterocycles. The molecule has 1 amide bonds. The Kier molecular flexibility index (Phi) is 6.90. The Bertz CT molecular complexity index is 1440. The Morgan fingerprint density at radius 3 is 2.81 bits per heavy atom. The van der Waals surface area contributed by atoms with E-state index in [0.717, 1.165) is 31.6 Å². The molecule has 1 aliphatic rings. The van der Waals surface area contributed by atoms with Gasteiger partial charge in [-0.15, -0.1) is 0 Å². The molecule has 0 aliphatic carbocycles. The summed E-state index contributed by atoms with van der Waals surface area (Å²) in [6, 6.07) is 14.0. The zero-order chi connectivity index (χ0) is 25.1. The van der Waals surface area contributed by atoms with Crippen molar-refractivity contribution in [2.24, 2.45) is 5.92 Å². The highest BCUT2D eigenvalue weighted by Gasteiger charge is 2.18. The van der Waals surface area contributed by atoms with Crippen molar-refractivity contribution in [2.45, 2.75) is 25.8 Å². The predicted molar refractivity (Wildman–Crippen MR) is 132 cm³/mol. The maximum Gasteiger partial charge on any atom is 0.282 e. The third-order valence-corrected chi connectivity index (χ3v) is 6.60. The molecule has 7 nitrogen and oxygen atoms in total. The van der Waals surface area contributed by atoms with Gasteiger partial charge in [0.1, 0.15) is 5.69 Å². The lowest BCUT2D eigenvalue weighted by molar-refractivity contribution is 0.0642. The van der Waals surface area contributed by atoms with Crippen LogP contribution in [0, 0.1) is 5.92 Å². The van der Waals surface area contributed by atoms with Gasteiger partial charge in [0.2, 0.25) is 0 Å². The number of nitrogens with zero attached hydrogens (tertiary/aromatic N) is 2. The Morgan fingerprint density at radius 2 is 2.00 bits per heavy atom. The fourth-order valence-corrected chi connectivity index (χ4v) is 4.58. The molecule has 4 aromatic rings. The molecular formula is C27H26F2N4O3. The fraction of sp³-hybridized carbons (Fsp3) is 0.296. The van der Waals surface area contributed by atoms with Crippen molar-refractivity contribution in [1.29, 1.82) is 0 Å². The maximum absolute atomic E-state index is 13.2. The highest BCUT2D eigenvalue weighted by Crippen LogP contribution is 2.30. The monoisotopic (exact) mass is 492 g/mol. The fourth-order valence-electron chi connectivity index (χ4n) is 4.58. The molecule has 0 bridgehead atoms. The predicted octanol–water partition coefficient (Wildman–Crippen LogP) is 4.53. The zero-order valence-corrected chi connectivity index (χ0v) is 19.5. The zero-order valence-electron chi connectivity index (χ0n) is 19.5. The number of halogens is 2. The van der Waals surface area contributed by atoms with Gasteiger partial charge in [-0.05, 0) is 65.6 Å². The molecule has 1 fully saturated rings. The molecule has 36 heavy (non-hydrogen) atoms. The highest BCUT2D eigenvalue weighted by molar-refractivity contribution is 5.94. The van der Waals surface area contributed by atoms with Crippen molar-refractivity contribution in [3.63, 3.8) is 0 Å². The lowest BCUT2D eigenvalue weighted by atomic mass is 10.0. The molecule has 0 spiro atoms. The summed E-state index contributed by atoms with van der Waals surface area (Å²) < 4.78 is 33.4. The van der Waals surface area contributed by atoms with E-state index in [1.807, 2.05) is 12.1 Å². The van der Waals surface area contributed by atoms with Crippen molar-refractivity contribution in [2.75, 3.05) is 19.8 Å². The van der Waals surface area contributed by atoms with Crippen molar-refractivity contribution in [3.05, 3.63) is 88.1 Å². The Balaban J connectivity index is 1.33. The number of hydrogen-bond acceptors (Lipinski definition) is 4. The molecular weight excluding hydrogens is 466 g/mol. The SMILES string of the molecule is O=C(NCC1CCOCC1)c1cccc(Cn2ccc3cc(-c4c[nH]nc4C(F)F)ccc3c2=O)c1. The third kappa shape index (κ3) is 5.06. The van der Waals surface area contributed by atoms with Gasteiger partial charge in [0.15, 0.2) is 0 Å². The lowest BCUT2D eigenvalue weighted by Crippen LogP contribution is -2.32. The van der Waals surface area contributed by atoms with Gasteiger partial charge >= 0.3 is 0 Å². The number of hydrogen-bond donors (Lipinski definition) is 2. The second-order valence-corrected chi connectivity index (χ2v) is 9.00. The number of H-pyrrole nitrogens is 1. The summed E-state index contributed by atoms with van der Waals surface area (Å²) in [7, 11) is 0. The number of benzene rings is 2. The standard InChI is InChI=1S/C27H26F2N4O3/c28-25(29)24-23(15-31-32-24)19-4-5-22-20(13-19)6-9-33(27(22)35)16-18-2-1-3-21(12-18)26(34)30-14-17-7-10-36-11-8-17/h1-6,9,12-13,15,17,25H,7-8,10-11,14,16H2,(H,30,34)(H,31,32). The number of amides is 1. The van der Waals surface area contributed by atoms with E-state index < -0.39 is 6.43 Å². The molecule has 1 aliphatic heterocycles. The summed E-state index contributed by atoms with van der Waals surface area (Å²) in [6.07, 6.45) is 2.30. The number of aromatic nitrogens is 3. The minimum absolute atomic E-state index is 0.135. The number of fused-ring (bicyclic) bond motifs is 1. The molecule has 0 saturated carbocycles. The molecule has 9 heteroatoms. The van der Waals surface area contributed by atoms with E-state index in [0.29, 0.717) is 46.5 Å². The summed E-state index contributed by atoms with van der Waals surface area (Å²) in [5.41, 5.74) is 1.72. The summed E-state index contributed by atoms with van der Waals surface area (Å²) in [5.74, 6) is 0.294. The van der Waals surface area contributed by atoms with Gasteiger partial charge in [0, 0.05) is 48.7 Å². The molecule has 2 N–H and O–H groups in total. The van der Waals surface area contributed by atoms with Gasteiger partial charge in [-0.25, -0.2) is 8.78 Å². The van der Waals surface area contributed by atoms with Crippen molar-refractivity contribution >= 4 is 16.7 Å². The second kappa shape index (κ2) is 10.4. The van der Waals surface area contributed by atoms with E-state index >= 15 is 0 Å². The third-order valence-electron chi connectivity index (χ3n) is 6.60. The summed E-state index contributed by atoms with van der Waals surface area (Å²) in [4.78, 5) is 25.8. The quantitative estimate of drug-likeness (QED) is 0.397. The van der Waals surface area contributed by atoms with E-state index in [2.05, 4.69) is 15.5 Å². The summed E-state index contributed by atoms with van der Waals surface area (Å²) >= 11 is 0. The number of carbonyl (C=O) groups excluding carboxylic acids is 1. The smallest absolute Gasteiger partial charge is 0.282 e. The Morgan fingerprint density at radius 1 is 1.17 bits per heavy atom. The maximum atomic E-state index is 13.2. The van der Waals surface area contributed by atoms with Gasteiger partial charge < -0.3 is 14.6 Å². The van der Waals surface area contributed by atoms with Crippen molar-refractivity contribution in [3.8, 4) is 11.1 Å².